The van der Waals surface area contributed by atoms with Crippen molar-refractivity contribution in [1.29, 1.82) is 0 Å². The molecule has 0 atom stereocenters. The summed E-state index contributed by atoms with van der Waals surface area (Å²) in [5.41, 5.74) is 0.454. The molecule has 0 radical (unpaired) electrons. The maximum atomic E-state index is 4.68. The van der Waals surface area contributed by atoms with Crippen molar-refractivity contribution < 1.29 is 0 Å². The van der Waals surface area contributed by atoms with Gasteiger partial charge in [-0.2, -0.15) is 12.6 Å². The molecule has 0 aromatic carbocycles. The molecule has 19 heavy (non-hydrogen) atoms. The van der Waals surface area contributed by atoms with Gasteiger partial charge in [0.2, 0.25) is 0 Å². The molecular formula is C17H35NS. The number of thiol groups is 1. The molecule has 1 aliphatic carbocycles. The van der Waals surface area contributed by atoms with Gasteiger partial charge in [0.1, 0.15) is 0 Å². The zero-order chi connectivity index (χ0) is 14.1. The zero-order valence-electron chi connectivity index (χ0n) is 13.5. The Kier molecular flexibility index (Phi) is 8.48. The SMILES string of the molecule is CCCC(CS)(CCC)CN(C)CC1CCCCC1. The molecule has 0 N–H and O–H groups in total. The molecule has 0 aromatic heterocycles. The van der Waals surface area contributed by atoms with Crippen LogP contribution in [0.3, 0.4) is 0 Å². The monoisotopic (exact) mass is 285 g/mol. The maximum absolute atomic E-state index is 4.68. The van der Waals surface area contributed by atoms with Gasteiger partial charge in [-0.1, -0.05) is 46.0 Å². The number of hydrogen-bond acceptors (Lipinski definition) is 2. The average Bonchev–Trinajstić information content (AvgIpc) is 2.40. The van der Waals surface area contributed by atoms with E-state index in [1.54, 1.807) is 0 Å². The number of nitrogens with zero attached hydrogens (tertiary/aromatic N) is 1. The van der Waals surface area contributed by atoms with E-state index in [1.165, 1.54) is 70.9 Å². The van der Waals surface area contributed by atoms with Crippen molar-refractivity contribution >= 4 is 12.6 Å². The molecule has 1 saturated carbocycles. The summed E-state index contributed by atoms with van der Waals surface area (Å²) in [6.45, 7) is 7.18. The van der Waals surface area contributed by atoms with Crippen LogP contribution in [-0.4, -0.2) is 30.8 Å². The van der Waals surface area contributed by atoms with Gasteiger partial charge in [0.05, 0.1) is 0 Å². The van der Waals surface area contributed by atoms with Crippen LogP contribution in [0.1, 0.15) is 71.6 Å². The Morgan fingerprint density at radius 2 is 1.63 bits per heavy atom. The van der Waals surface area contributed by atoms with Gasteiger partial charge in [0.15, 0.2) is 0 Å². The first-order valence-corrected chi connectivity index (χ1v) is 9.08. The third kappa shape index (κ3) is 6.08. The van der Waals surface area contributed by atoms with Crippen LogP contribution in [0.5, 0.6) is 0 Å². The molecule has 0 heterocycles. The van der Waals surface area contributed by atoms with Gasteiger partial charge in [-0.3, -0.25) is 0 Å². The highest BCUT2D eigenvalue weighted by atomic mass is 32.1. The van der Waals surface area contributed by atoms with E-state index in [4.69, 9.17) is 0 Å². The topological polar surface area (TPSA) is 3.24 Å². The van der Waals surface area contributed by atoms with E-state index in [-0.39, 0.29) is 0 Å². The van der Waals surface area contributed by atoms with Crippen molar-refractivity contribution in [2.24, 2.45) is 11.3 Å². The van der Waals surface area contributed by atoms with Crippen LogP contribution in [0.4, 0.5) is 0 Å². The summed E-state index contributed by atoms with van der Waals surface area (Å²) in [6, 6.07) is 0. The first-order chi connectivity index (χ1) is 9.15. The highest BCUT2D eigenvalue weighted by molar-refractivity contribution is 7.80. The Morgan fingerprint density at radius 3 is 2.11 bits per heavy atom. The smallest absolute Gasteiger partial charge is 0.00429 e. The fourth-order valence-electron chi connectivity index (χ4n) is 4.00. The molecule has 0 amide bonds. The fraction of sp³-hybridized carbons (Fsp3) is 1.00. The molecule has 0 spiro atoms. The normalized spacial score (nSPS) is 18.2. The molecule has 1 fully saturated rings. The summed E-state index contributed by atoms with van der Waals surface area (Å²) in [4.78, 5) is 2.61. The van der Waals surface area contributed by atoms with Crippen LogP contribution in [0.25, 0.3) is 0 Å². The van der Waals surface area contributed by atoms with Crippen LogP contribution in [0.15, 0.2) is 0 Å². The summed E-state index contributed by atoms with van der Waals surface area (Å²) in [5, 5.41) is 0. The van der Waals surface area contributed by atoms with Gasteiger partial charge >= 0.3 is 0 Å². The summed E-state index contributed by atoms with van der Waals surface area (Å²) in [5.74, 6) is 2.00. The first-order valence-electron chi connectivity index (χ1n) is 8.45. The van der Waals surface area contributed by atoms with E-state index in [1.807, 2.05) is 0 Å². The minimum Gasteiger partial charge on any atom is -0.306 e. The summed E-state index contributed by atoms with van der Waals surface area (Å²) in [7, 11) is 2.33. The third-order valence-corrected chi connectivity index (χ3v) is 5.47. The molecule has 0 unspecified atom stereocenters. The minimum atomic E-state index is 0.454. The number of hydrogen-bond donors (Lipinski definition) is 1. The Morgan fingerprint density at radius 1 is 1.05 bits per heavy atom. The van der Waals surface area contributed by atoms with E-state index < -0.39 is 0 Å². The van der Waals surface area contributed by atoms with Crippen molar-refractivity contribution in [3.63, 3.8) is 0 Å². The second-order valence-electron chi connectivity index (χ2n) is 6.86. The van der Waals surface area contributed by atoms with Gasteiger partial charge in [-0.05, 0) is 49.8 Å². The van der Waals surface area contributed by atoms with E-state index in [9.17, 15) is 0 Å². The van der Waals surface area contributed by atoms with Gasteiger partial charge in [-0.25, -0.2) is 0 Å². The Hall–Kier alpha value is 0.310. The first kappa shape index (κ1) is 17.4. The van der Waals surface area contributed by atoms with Crippen molar-refractivity contribution in [2.75, 3.05) is 25.9 Å². The summed E-state index contributed by atoms with van der Waals surface area (Å²) >= 11 is 4.68. The molecule has 1 rings (SSSR count). The van der Waals surface area contributed by atoms with Crippen molar-refractivity contribution in [1.82, 2.24) is 4.90 Å². The molecule has 0 saturated heterocycles. The summed E-state index contributed by atoms with van der Waals surface area (Å²) < 4.78 is 0. The highest BCUT2D eigenvalue weighted by Crippen LogP contribution is 2.33. The van der Waals surface area contributed by atoms with E-state index in [2.05, 4.69) is 38.4 Å². The largest absolute Gasteiger partial charge is 0.306 e. The van der Waals surface area contributed by atoms with Gasteiger partial charge in [0.25, 0.3) is 0 Å². The van der Waals surface area contributed by atoms with Gasteiger partial charge in [-0.15, -0.1) is 0 Å². The highest BCUT2D eigenvalue weighted by Gasteiger charge is 2.29. The quantitative estimate of drug-likeness (QED) is 0.582. The zero-order valence-corrected chi connectivity index (χ0v) is 14.4. The standard InChI is InChI=1S/C17H35NS/c1-4-11-17(15-19,12-5-2)14-18(3)13-16-9-7-6-8-10-16/h16,19H,4-15H2,1-3H3. The van der Waals surface area contributed by atoms with Crippen LogP contribution in [0.2, 0.25) is 0 Å². The second kappa shape index (κ2) is 9.28. The van der Waals surface area contributed by atoms with Crippen molar-refractivity contribution in [3.05, 3.63) is 0 Å². The lowest BCUT2D eigenvalue weighted by molar-refractivity contribution is 0.143. The summed E-state index contributed by atoms with van der Waals surface area (Å²) in [6.07, 6.45) is 12.5. The van der Waals surface area contributed by atoms with E-state index in [0.717, 1.165) is 11.7 Å². The van der Waals surface area contributed by atoms with Crippen molar-refractivity contribution in [2.45, 2.75) is 71.6 Å². The lowest BCUT2D eigenvalue weighted by Gasteiger charge is -2.37. The molecule has 0 aromatic rings. The predicted octanol–water partition coefficient (Wildman–Crippen LogP) is 5.01. The van der Waals surface area contributed by atoms with Crippen LogP contribution in [-0.2, 0) is 0 Å². The Bertz CT molecular complexity index is 217. The van der Waals surface area contributed by atoms with E-state index >= 15 is 0 Å². The molecule has 0 bridgehead atoms. The average molecular weight is 286 g/mol. The van der Waals surface area contributed by atoms with Crippen LogP contribution < -0.4 is 0 Å². The number of rotatable bonds is 9. The fourth-order valence-corrected chi connectivity index (χ4v) is 4.42. The Labute approximate surface area is 126 Å². The predicted molar refractivity (Wildman–Crippen MR) is 90.2 cm³/mol. The second-order valence-corrected chi connectivity index (χ2v) is 7.18. The molecule has 1 nitrogen and oxygen atoms in total. The lowest BCUT2D eigenvalue weighted by atomic mass is 9.80. The van der Waals surface area contributed by atoms with Crippen LogP contribution in [0, 0.1) is 11.3 Å². The van der Waals surface area contributed by atoms with E-state index in [0.29, 0.717) is 5.41 Å². The van der Waals surface area contributed by atoms with Crippen molar-refractivity contribution in [3.8, 4) is 0 Å². The molecule has 1 aliphatic rings. The van der Waals surface area contributed by atoms with Gasteiger partial charge in [0, 0.05) is 13.1 Å². The minimum absolute atomic E-state index is 0.454. The van der Waals surface area contributed by atoms with Crippen LogP contribution >= 0.6 is 12.6 Å². The molecular weight excluding hydrogens is 250 g/mol. The lowest BCUT2D eigenvalue weighted by Crippen LogP contribution is -2.39. The molecule has 2 heteroatoms. The molecule has 114 valence electrons. The van der Waals surface area contributed by atoms with Gasteiger partial charge < -0.3 is 4.90 Å². The third-order valence-electron chi connectivity index (χ3n) is 4.80. The molecule has 0 aliphatic heterocycles. The maximum Gasteiger partial charge on any atom is 0.00429 e. The Balaban J connectivity index is 2.46.